The molecule has 4 nitrogen and oxygen atoms in total. The van der Waals surface area contributed by atoms with Gasteiger partial charge in [0.15, 0.2) is 5.69 Å². The summed E-state index contributed by atoms with van der Waals surface area (Å²) in [5.41, 5.74) is -0.760. The van der Waals surface area contributed by atoms with Crippen LogP contribution in [0.25, 0.3) is 0 Å². The maximum absolute atomic E-state index is 12.7. The summed E-state index contributed by atoms with van der Waals surface area (Å²) in [5.74, 6) is 0.188. The second-order valence-corrected chi connectivity index (χ2v) is 3.88. The minimum Gasteiger partial charge on any atom is -0.469 e. The molecule has 1 aliphatic heterocycles. The molecule has 0 bridgehead atoms. The summed E-state index contributed by atoms with van der Waals surface area (Å²) >= 11 is 0. The van der Waals surface area contributed by atoms with Gasteiger partial charge in [0.2, 0.25) is 5.88 Å². The summed E-state index contributed by atoms with van der Waals surface area (Å²) < 4.78 is 49.6. The van der Waals surface area contributed by atoms with Crippen LogP contribution in [0, 0.1) is 0 Å². The van der Waals surface area contributed by atoms with E-state index >= 15 is 0 Å². The first-order valence-electron chi connectivity index (χ1n) is 5.31. The average Bonchev–Trinajstić information content (AvgIpc) is 2.48. The van der Waals surface area contributed by atoms with E-state index in [1.54, 1.807) is 6.92 Å². The third-order valence-corrected chi connectivity index (χ3v) is 2.60. The topological polar surface area (TPSA) is 36.3 Å². The molecule has 0 radical (unpaired) electrons. The van der Waals surface area contributed by atoms with Crippen LogP contribution in [0.15, 0.2) is 0 Å². The van der Waals surface area contributed by atoms with E-state index in [1.165, 1.54) is 7.05 Å². The van der Waals surface area contributed by atoms with Gasteiger partial charge >= 0.3 is 6.18 Å². The number of hydrogen-bond acceptors (Lipinski definition) is 3. The monoisotopic (exact) mass is 250 g/mol. The van der Waals surface area contributed by atoms with Crippen molar-refractivity contribution in [2.75, 3.05) is 13.2 Å². The van der Waals surface area contributed by atoms with Gasteiger partial charge in [-0.15, -0.1) is 0 Å². The molecule has 1 saturated heterocycles. The molecule has 0 unspecified atom stereocenters. The lowest BCUT2D eigenvalue weighted by atomic mass is 10.2. The van der Waals surface area contributed by atoms with Crippen molar-refractivity contribution in [3.8, 4) is 5.88 Å². The van der Waals surface area contributed by atoms with Crippen molar-refractivity contribution in [2.45, 2.75) is 25.6 Å². The van der Waals surface area contributed by atoms with Crippen molar-refractivity contribution in [2.24, 2.45) is 7.05 Å². The van der Waals surface area contributed by atoms with Crippen LogP contribution in [0.1, 0.15) is 18.2 Å². The van der Waals surface area contributed by atoms with E-state index in [4.69, 9.17) is 9.47 Å². The SMILES string of the molecule is CCc1c(C(F)(F)F)nn(C)c1OC1COC1. The van der Waals surface area contributed by atoms with Gasteiger partial charge < -0.3 is 9.47 Å². The molecule has 0 spiro atoms. The van der Waals surface area contributed by atoms with Gasteiger partial charge in [0.05, 0.1) is 13.2 Å². The lowest BCUT2D eigenvalue weighted by molar-refractivity contribution is -0.142. The van der Waals surface area contributed by atoms with E-state index in [0.717, 1.165) is 4.68 Å². The maximum Gasteiger partial charge on any atom is 0.435 e. The number of alkyl halides is 3. The number of nitrogens with zero attached hydrogens (tertiary/aromatic N) is 2. The summed E-state index contributed by atoms with van der Waals surface area (Å²) in [6, 6.07) is 0. The molecular weight excluding hydrogens is 237 g/mol. The van der Waals surface area contributed by atoms with Gasteiger partial charge in [-0.1, -0.05) is 6.92 Å². The molecule has 96 valence electrons. The fraction of sp³-hybridized carbons (Fsp3) is 0.700. The highest BCUT2D eigenvalue weighted by Crippen LogP contribution is 2.36. The molecule has 0 aliphatic carbocycles. The largest absolute Gasteiger partial charge is 0.469 e. The molecule has 1 aromatic rings. The Hall–Kier alpha value is -1.24. The highest BCUT2D eigenvalue weighted by Gasteiger charge is 2.39. The van der Waals surface area contributed by atoms with Crippen molar-refractivity contribution >= 4 is 0 Å². The van der Waals surface area contributed by atoms with E-state index in [0.29, 0.717) is 13.2 Å². The summed E-state index contributed by atoms with van der Waals surface area (Å²) in [4.78, 5) is 0. The van der Waals surface area contributed by atoms with Gasteiger partial charge in [-0.25, -0.2) is 4.68 Å². The first kappa shape index (κ1) is 12.2. The zero-order valence-electron chi connectivity index (χ0n) is 9.54. The van der Waals surface area contributed by atoms with Crippen LogP contribution >= 0.6 is 0 Å². The fourth-order valence-electron chi connectivity index (χ4n) is 1.69. The molecular formula is C10H13F3N2O2. The summed E-state index contributed by atoms with van der Waals surface area (Å²) in [6.07, 6.45) is -4.39. The second kappa shape index (κ2) is 4.21. The van der Waals surface area contributed by atoms with Crippen molar-refractivity contribution in [1.29, 1.82) is 0 Å². The van der Waals surface area contributed by atoms with Crippen molar-refractivity contribution < 1.29 is 22.6 Å². The highest BCUT2D eigenvalue weighted by atomic mass is 19.4. The van der Waals surface area contributed by atoms with E-state index in [9.17, 15) is 13.2 Å². The molecule has 0 aromatic carbocycles. The smallest absolute Gasteiger partial charge is 0.435 e. The number of ether oxygens (including phenoxy) is 2. The summed E-state index contributed by atoms with van der Waals surface area (Å²) in [6.45, 7) is 2.47. The van der Waals surface area contributed by atoms with Crippen LogP contribution in [0.5, 0.6) is 5.88 Å². The summed E-state index contributed by atoms with van der Waals surface area (Å²) in [7, 11) is 1.45. The zero-order chi connectivity index (χ0) is 12.6. The Kier molecular flexibility index (Phi) is 3.03. The lowest BCUT2D eigenvalue weighted by Crippen LogP contribution is -2.39. The van der Waals surface area contributed by atoms with Gasteiger partial charge in [0.1, 0.15) is 6.10 Å². The molecule has 7 heteroatoms. The Morgan fingerprint density at radius 2 is 2.12 bits per heavy atom. The number of rotatable bonds is 3. The minimum absolute atomic E-state index is 0.104. The Labute approximate surface area is 96.3 Å². The van der Waals surface area contributed by atoms with Crippen LogP contribution in [0.3, 0.4) is 0 Å². The third kappa shape index (κ3) is 2.24. The first-order valence-corrected chi connectivity index (χ1v) is 5.31. The predicted molar refractivity (Wildman–Crippen MR) is 52.8 cm³/mol. The molecule has 0 atom stereocenters. The maximum atomic E-state index is 12.7. The first-order chi connectivity index (χ1) is 7.93. The predicted octanol–water partition coefficient (Wildman–Crippen LogP) is 1.78. The molecule has 1 fully saturated rings. The third-order valence-electron chi connectivity index (χ3n) is 2.60. The fourth-order valence-corrected chi connectivity index (χ4v) is 1.69. The molecule has 2 rings (SSSR count). The average molecular weight is 250 g/mol. The van der Waals surface area contributed by atoms with Crippen molar-refractivity contribution in [3.05, 3.63) is 11.3 Å². The zero-order valence-corrected chi connectivity index (χ0v) is 9.54. The quantitative estimate of drug-likeness (QED) is 0.820. The number of aryl methyl sites for hydroxylation is 1. The Balaban J connectivity index is 2.33. The van der Waals surface area contributed by atoms with Gasteiger partial charge in [0.25, 0.3) is 0 Å². The molecule has 0 N–H and O–H groups in total. The standard InChI is InChI=1S/C10H13F3N2O2/c1-3-7-8(10(11,12)13)14-15(2)9(7)17-6-4-16-5-6/h6H,3-5H2,1-2H3. The van der Waals surface area contributed by atoms with Crippen molar-refractivity contribution in [3.63, 3.8) is 0 Å². The molecule has 0 amide bonds. The second-order valence-electron chi connectivity index (χ2n) is 3.88. The Bertz CT molecular complexity index is 410. The van der Waals surface area contributed by atoms with Gasteiger partial charge in [0, 0.05) is 12.6 Å². The molecule has 0 saturated carbocycles. The van der Waals surface area contributed by atoms with Crippen LogP contribution in [-0.2, 0) is 24.4 Å². The van der Waals surface area contributed by atoms with Crippen LogP contribution in [-0.4, -0.2) is 29.1 Å². The Morgan fingerprint density at radius 1 is 1.47 bits per heavy atom. The van der Waals surface area contributed by atoms with Gasteiger partial charge in [-0.3, -0.25) is 0 Å². The van der Waals surface area contributed by atoms with E-state index < -0.39 is 11.9 Å². The minimum atomic E-state index is -4.44. The van der Waals surface area contributed by atoms with Crippen LogP contribution < -0.4 is 4.74 Å². The van der Waals surface area contributed by atoms with Gasteiger partial charge in [-0.2, -0.15) is 18.3 Å². The molecule has 1 aromatic heterocycles. The number of halogens is 3. The van der Waals surface area contributed by atoms with Crippen LogP contribution in [0.2, 0.25) is 0 Å². The molecule has 2 heterocycles. The van der Waals surface area contributed by atoms with E-state index in [2.05, 4.69) is 5.10 Å². The van der Waals surface area contributed by atoms with Crippen molar-refractivity contribution in [1.82, 2.24) is 9.78 Å². The Morgan fingerprint density at radius 3 is 2.53 bits per heavy atom. The number of hydrogen-bond donors (Lipinski definition) is 0. The van der Waals surface area contributed by atoms with Gasteiger partial charge in [-0.05, 0) is 6.42 Å². The number of aromatic nitrogens is 2. The highest BCUT2D eigenvalue weighted by molar-refractivity contribution is 5.33. The molecule has 17 heavy (non-hydrogen) atoms. The van der Waals surface area contributed by atoms with Crippen LogP contribution in [0.4, 0.5) is 13.2 Å². The van der Waals surface area contributed by atoms with E-state index in [1.807, 2.05) is 0 Å². The summed E-state index contributed by atoms with van der Waals surface area (Å²) in [5, 5.41) is 3.49. The molecule has 1 aliphatic rings. The normalized spacial score (nSPS) is 17.0. The van der Waals surface area contributed by atoms with E-state index in [-0.39, 0.29) is 24.0 Å². The lowest BCUT2D eigenvalue weighted by Gasteiger charge is -2.27.